The number of pyridine rings is 1. The van der Waals surface area contributed by atoms with Gasteiger partial charge in [-0.25, -0.2) is 35.9 Å². The third-order valence-electron chi connectivity index (χ3n) is 8.99. The SMILES string of the molecule is Cc1cc(C2CCC(F)(F)CC2)nc2nc([C@@H](N)Cc3cc(F)cc(F)c3)n(-c3ccc(Cl)c4c(NS(C)(=O)=O)nn(CCOCC(F)(F)F)c34)c(=O)c12. The molecule has 1 saturated carbocycles. The zero-order chi connectivity index (χ0) is 39.3. The summed E-state index contributed by atoms with van der Waals surface area (Å²) >= 11 is 6.57. The predicted molar refractivity (Wildman–Crippen MR) is 187 cm³/mol. The maximum Gasteiger partial charge on any atom is 0.411 e. The van der Waals surface area contributed by atoms with E-state index in [-0.39, 0.29) is 94.4 Å². The largest absolute Gasteiger partial charge is 0.411 e. The van der Waals surface area contributed by atoms with Gasteiger partial charge in [0, 0.05) is 30.5 Å². The Balaban J connectivity index is 1.59. The number of aromatic nitrogens is 5. The molecule has 3 heterocycles. The number of sulfonamides is 1. The molecule has 290 valence electrons. The number of rotatable bonds is 11. The summed E-state index contributed by atoms with van der Waals surface area (Å²) in [5.74, 6) is -5.42. The second kappa shape index (κ2) is 14.7. The fraction of sp³-hybridized carbons (Fsp3) is 0.412. The van der Waals surface area contributed by atoms with Crippen LogP contribution in [-0.2, 0) is 27.7 Å². The third-order valence-corrected chi connectivity index (χ3v) is 9.87. The highest BCUT2D eigenvalue weighted by atomic mass is 35.5. The molecule has 0 spiro atoms. The summed E-state index contributed by atoms with van der Waals surface area (Å²) in [6.45, 7) is -0.905. The number of fused-ring (bicyclic) bond motifs is 2. The Bertz CT molecular complexity index is 2390. The zero-order valence-electron chi connectivity index (χ0n) is 28.7. The normalized spacial score (nSPS) is 16.0. The summed E-state index contributed by atoms with van der Waals surface area (Å²) in [6.07, 6.45) is -4.46. The van der Waals surface area contributed by atoms with Crippen molar-refractivity contribution in [3.05, 3.63) is 86.1 Å². The zero-order valence-corrected chi connectivity index (χ0v) is 30.2. The third kappa shape index (κ3) is 8.63. The Morgan fingerprint density at radius 1 is 1.07 bits per heavy atom. The number of alkyl halides is 5. The van der Waals surface area contributed by atoms with Gasteiger partial charge in [0.1, 0.15) is 24.1 Å². The summed E-state index contributed by atoms with van der Waals surface area (Å²) < 4.78 is 129. The molecule has 1 atom stereocenters. The van der Waals surface area contributed by atoms with Crippen molar-refractivity contribution in [3.8, 4) is 5.69 Å². The molecule has 3 aromatic heterocycles. The lowest BCUT2D eigenvalue weighted by atomic mass is 9.84. The summed E-state index contributed by atoms with van der Waals surface area (Å²) in [7, 11) is -4.00. The van der Waals surface area contributed by atoms with E-state index in [1.165, 1.54) is 12.1 Å². The van der Waals surface area contributed by atoms with Crippen LogP contribution in [0.4, 0.5) is 36.6 Å². The minimum atomic E-state index is -4.64. The second-order valence-corrected chi connectivity index (χ2v) is 15.5. The van der Waals surface area contributed by atoms with Crippen molar-refractivity contribution < 1.29 is 43.9 Å². The molecule has 0 amide bonds. The first-order chi connectivity index (χ1) is 25.2. The van der Waals surface area contributed by atoms with Crippen molar-refractivity contribution in [2.75, 3.05) is 24.2 Å². The first-order valence-corrected chi connectivity index (χ1v) is 18.8. The van der Waals surface area contributed by atoms with E-state index in [2.05, 4.69) is 14.8 Å². The predicted octanol–water partition coefficient (Wildman–Crippen LogP) is 6.86. The summed E-state index contributed by atoms with van der Waals surface area (Å²) in [5.41, 5.74) is 6.73. The Hall–Kier alpha value is -4.33. The number of aryl methyl sites for hydroxylation is 1. The molecule has 0 bridgehead atoms. The molecule has 3 N–H and O–H groups in total. The molecule has 0 radical (unpaired) electrons. The van der Waals surface area contributed by atoms with Crippen LogP contribution in [0.1, 0.15) is 60.3 Å². The van der Waals surface area contributed by atoms with Crippen LogP contribution in [-0.4, -0.2) is 64.3 Å². The van der Waals surface area contributed by atoms with E-state index in [1.807, 2.05) is 0 Å². The quantitative estimate of drug-likeness (QED) is 0.109. The van der Waals surface area contributed by atoms with Gasteiger partial charge in [0.15, 0.2) is 11.5 Å². The summed E-state index contributed by atoms with van der Waals surface area (Å²) in [6, 6.07) is 5.81. The minimum absolute atomic E-state index is 0.00444. The van der Waals surface area contributed by atoms with Gasteiger partial charge in [-0.3, -0.25) is 18.8 Å². The molecule has 2 aromatic carbocycles. The van der Waals surface area contributed by atoms with Gasteiger partial charge < -0.3 is 10.5 Å². The fourth-order valence-corrected chi connectivity index (χ4v) is 7.43. The second-order valence-electron chi connectivity index (χ2n) is 13.3. The first-order valence-electron chi connectivity index (χ1n) is 16.5. The highest BCUT2D eigenvalue weighted by Crippen LogP contribution is 2.41. The Morgan fingerprint density at radius 3 is 2.37 bits per heavy atom. The van der Waals surface area contributed by atoms with E-state index in [1.54, 1.807) is 13.0 Å². The smallest absolute Gasteiger partial charge is 0.370 e. The Kier molecular flexibility index (Phi) is 10.7. The van der Waals surface area contributed by atoms with Crippen LogP contribution in [0.5, 0.6) is 0 Å². The number of benzene rings is 2. The van der Waals surface area contributed by atoms with Crippen LogP contribution in [0.3, 0.4) is 0 Å². The van der Waals surface area contributed by atoms with E-state index < -0.39 is 58.6 Å². The van der Waals surface area contributed by atoms with Crippen molar-refractivity contribution >= 4 is 49.4 Å². The van der Waals surface area contributed by atoms with E-state index in [9.17, 15) is 43.9 Å². The topological polar surface area (TPSA) is 147 Å². The van der Waals surface area contributed by atoms with Gasteiger partial charge in [0.2, 0.25) is 15.9 Å². The first kappa shape index (κ1) is 39.4. The maximum absolute atomic E-state index is 14.7. The molecular weight excluding hydrogens is 771 g/mol. The highest BCUT2D eigenvalue weighted by molar-refractivity contribution is 7.92. The molecule has 20 heteroatoms. The molecular formula is C34H33ClF7N7O4S. The molecule has 6 rings (SSSR count). The van der Waals surface area contributed by atoms with Crippen LogP contribution >= 0.6 is 11.6 Å². The molecule has 1 aliphatic rings. The summed E-state index contributed by atoms with van der Waals surface area (Å²) in [4.78, 5) is 24.1. The van der Waals surface area contributed by atoms with Crippen molar-refractivity contribution in [1.82, 2.24) is 24.3 Å². The van der Waals surface area contributed by atoms with Gasteiger partial charge in [-0.2, -0.15) is 18.3 Å². The molecule has 0 aliphatic heterocycles. The van der Waals surface area contributed by atoms with Gasteiger partial charge in [-0.05, 0) is 67.6 Å². The van der Waals surface area contributed by atoms with E-state index >= 15 is 0 Å². The number of ether oxygens (including phenoxy) is 1. The van der Waals surface area contributed by atoms with Crippen molar-refractivity contribution in [2.45, 2.75) is 69.6 Å². The van der Waals surface area contributed by atoms with Gasteiger partial charge in [0.05, 0.1) is 52.4 Å². The van der Waals surface area contributed by atoms with E-state index in [0.717, 1.165) is 27.6 Å². The molecule has 54 heavy (non-hydrogen) atoms. The lowest BCUT2D eigenvalue weighted by Gasteiger charge is -2.28. The average molecular weight is 804 g/mol. The lowest BCUT2D eigenvalue weighted by molar-refractivity contribution is -0.174. The van der Waals surface area contributed by atoms with Crippen LogP contribution in [0.2, 0.25) is 5.02 Å². The van der Waals surface area contributed by atoms with Gasteiger partial charge >= 0.3 is 6.18 Å². The van der Waals surface area contributed by atoms with Crippen LogP contribution in [0, 0.1) is 18.6 Å². The Morgan fingerprint density at radius 2 is 1.74 bits per heavy atom. The maximum atomic E-state index is 14.7. The standard InChI is InChI=1S/C34H33ClF7N7O4S/c1-17-11-24(19-5-7-33(38,39)8-6-19)44-29-26(17)32(50)49(31(45-29)23(43)14-18-12-20(36)15-21(37)13-18)25-4-3-22(35)27-28(25)48(9-10-53-16-34(40,41)42)46-30(27)47-54(2,51)52/h3-4,11-13,15,19,23H,5-10,14,16,43H2,1-2H3,(H,46,47)/t23-/m0/s1. The van der Waals surface area contributed by atoms with Crippen LogP contribution in [0.25, 0.3) is 27.6 Å². The molecule has 0 unspecified atom stereocenters. The van der Waals surface area contributed by atoms with Crippen LogP contribution in [0.15, 0.2) is 41.2 Å². The summed E-state index contributed by atoms with van der Waals surface area (Å²) in [5, 5.41) is 4.19. The number of nitrogens with two attached hydrogens (primary N) is 1. The van der Waals surface area contributed by atoms with E-state index in [0.29, 0.717) is 17.3 Å². The lowest BCUT2D eigenvalue weighted by Crippen LogP contribution is -2.31. The molecule has 0 saturated heterocycles. The monoisotopic (exact) mass is 803 g/mol. The molecule has 11 nitrogen and oxygen atoms in total. The molecule has 1 fully saturated rings. The van der Waals surface area contributed by atoms with Gasteiger partial charge in [-0.15, -0.1) is 0 Å². The number of hydrogen-bond acceptors (Lipinski definition) is 8. The van der Waals surface area contributed by atoms with Gasteiger partial charge in [0.25, 0.3) is 5.56 Å². The number of anilines is 1. The number of halogens is 8. The molecule has 5 aromatic rings. The van der Waals surface area contributed by atoms with Crippen LogP contribution < -0.4 is 16.0 Å². The minimum Gasteiger partial charge on any atom is -0.370 e. The van der Waals surface area contributed by atoms with E-state index in [4.69, 9.17) is 27.1 Å². The van der Waals surface area contributed by atoms with Gasteiger partial charge in [-0.1, -0.05) is 11.6 Å². The molecule has 1 aliphatic carbocycles. The van der Waals surface area contributed by atoms with Crippen molar-refractivity contribution in [3.63, 3.8) is 0 Å². The Labute approximate surface area is 308 Å². The van der Waals surface area contributed by atoms with Crippen molar-refractivity contribution in [2.24, 2.45) is 5.73 Å². The highest BCUT2D eigenvalue weighted by Gasteiger charge is 2.36. The number of hydrogen-bond donors (Lipinski definition) is 2. The average Bonchev–Trinajstić information content (AvgIpc) is 3.39. The number of nitrogens with zero attached hydrogens (tertiary/aromatic N) is 5. The number of nitrogens with one attached hydrogen (secondary N) is 1. The van der Waals surface area contributed by atoms with Crippen molar-refractivity contribution in [1.29, 1.82) is 0 Å². The fourth-order valence-electron chi connectivity index (χ4n) is 6.69.